The van der Waals surface area contributed by atoms with E-state index in [9.17, 15) is 8.42 Å². The second-order valence-corrected chi connectivity index (χ2v) is 25.4. The Bertz CT molecular complexity index is 235. The summed E-state index contributed by atoms with van der Waals surface area (Å²) in [6, 6.07) is 0. The van der Waals surface area contributed by atoms with E-state index in [0.29, 0.717) is 10.0 Å². The van der Waals surface area contributed by atoms with Crippen molar-refractivity contribution in [2.45, 2.75) is 23.9 Å². The predicted molar refractivity (Wildman–Crippen MR) is 45.4 cm³/mol. The number of rotatable bonds is 3. The van der Waals surface area contributed by atoms with Gasteiger partial charge in [0.05, 0.1) is 0 Å². The van der Waals surface area contributed by atoms with Gasteiger partial charge >= 0.3 is 63.2 Å². The molecule has 0 aromatic carbocycles. The van der Waals surface area contributed by atoms with E-state index in [1.165, 1.54) is 0 Å². The maximum Gasteiger partial charge on any atom is 0.290 e. The van der Waals surface area contributed by atoms with Gasteiger partial charge in [0.2, 0.25) is 0 Å². The average molecular weight is 267 g/mol. The number of carbonyl (C=O) groups is 1. The second kappa shape index (κ2) is 6.42. The van der Waals surface area contributed by atoms with Crippen LogP contribution in [-0.2, 0) is 26.7 Å². The van der Waals surface area contributed by atoms with Crippen LogP contribution < -0.4 is 4.48 Å². The van der Waals surface area contributed by atoms with Crippen LogP contribution in [0.15, 0.2) is 0 Å². The van der Waals surface area contributed by atoms with Crippen LogP contribution in [0, 0.1) is 0 Å². The van der Waals surface area contributed by atoms with Crippen molar-refractivity contribution >= 4 is 14.6 Å². The van der Waals surface area contributed by atoms with Crippen LogP contribution in [0.5, 0.6) is 0 Å². The summed E-state index contributed by atoms with van der Waals surface area (Å²) in [5.41, 5.74) is 0. The van der Waals surface area contributed by atoms with Crippen molar-refractivity contribution in [2.75, 3.05) is 0 Å². The molecule has 0 heterocycles. The SMILES string of the molecule is C[CH2][Zn]([NH2])([CH2]C)[S](=O)(=O)O.O=CO. The van der Waals surface area contributed by atoms with Crippen LogP contribution in [0.4, 0.5) is 0 Å². The molecule has 0 spiro atoms. The third-order valence-corrected chi connectivity index (χ3v) is 24.4. The largest absolute Gasteiger partial charge is 0.483 e. The van der Waals surface area contributed by atoms with Crippen LogP contribution in [0.3, 0.4) is 0 Å². The number of carboxylic acid groups (broad SMARTS) is 1. The first-order chi connectivity index (χ1) is 5.79. The van der Waals surface area contributed by atoms with E-state index in [0.717, 1.165) is 0 Å². The topological polar surface area (TPSA) is 118 Å². The molecule has 6 nitrogen and oxygen atoms in total. The van der Waals surface area contributed by atoms with E-state index in [-0.39, 0.29) is 6.47 Å². The summed E-state index contributed by atoms with van der Waals surface area (Å²) in [7, 11) is -3.87. The Kier molecular flexibility index (Phi) is 7.63. The summed E-state index contributed by atoms with van der Waals surface area (Å²) in [4.78, 5) is 8.36. The molecule has 13 heavy (non-hydrogen) atoms. The van der Waals surface area contributed by atoms with Gasteiger partial charge in [0, 0.05) is 0 Å². The zero-order valence-corrected chi connectivity index (χ0v) is 11.6. The van der Waals surface area contributed by atoms with Gasteiger partial charge in [-0.25, -0.2) is 0 Å². The molecule has 0 bridgehead atoms. The fourth-order valence-corrected chi connectivity index (χ4v) is 9.88. The molecule has 0 aliphatic carbocycles. The first kappa shape index (κ1) is 15.4. The number of hydrogen-bond donors (Lipinski definition) is 3. The fourth-order valence-electron chi connectivity index (χ4n) is 0.869. The first-order valence-electron chi connectivity index (χ1n) is 4.12. The van der Waals surface area contributed by atoms with Gasteiger partial charge in [-0.15, -0.1) is 0 Å². The van der Waals surface area contributed by atoms with Gasteiger partial charge in [0.25, 0.3) is 6.47 Å². The Labute approximate surface area is 79.8 Å². The van der Waals surface area contributed by atoms with E-state index in [4.69, 9.17) is 18.9 Å². The number of hydrogen-bond acceptors (Lipinski definition) is 4. The predicted octanol–water partition coefficient (Wildman–Crippen LogP) is 0.394. The summed E-state index contributed by atoms with van der Waals surface area (Å²) < 4.78 is 35.5. The normalized spacial score (nSPS) is 10.2. The van der Waals surface area contributed by atoms with E-state index in [1.807, 2.05) is 0 Å². The Balaban J connectivity index is 0. The molecule has 0 aliphatic rings. The van der Waals surface area contributed by atoms with Crippen LogP contribution in [0.1, 0.15) is 13.8 Å². The Morgan fingerprint density at radius 2 is 1.62 bits per heavy atom. The quantitative estimate of drug-likeness (QED) is 0.386. The van der Waals surface area contributed by atoms with Crippen molar-refractivity contribution in [1.82, 2.24) is 0 Å². The summed E-state index contributed by atoms with van der Waals surface area (Å²) in [6.07, 6.45) is 0. The van der Waals surface area contributed by atoms with E-state index < -0.39 is 21.9 Å². The molecule has 78 valence electrons. The molecular formula is C5H15NO5SZn. The molecular weight excluding hydrogens is 252 g/mol. The molecule has 4 N–H and O–H groups in total. The molecule has 0 saturated heterocycles. The Hall–Kier alpha value is -0.0366. The second-order valence-electron chi connectivity index (χ2n) is 3.19. The van der Waals surface area contributed by atoms with Crippen molar-refractivity contribution in [3.05, 3.63) is 0 Å². The molecule has 0 radical (unpaired) electrons. The van der Waals surface area contributed by atoms with Crippen molar-refractivity contribution < 1.29 is 36.7 Å². The van der Waals surface area contributed by atoms with Crippen LogP contribution >= 0.6 is 0 Å². The average Bonchev–Trinajstić information content (AvgIpc) is 2.02. The van der Waals surface area contributed by atoms with E-state index >= 15 is 0 Å². The van der Waals surface area contributed by atoms with E-state index in [2.05, 4.69) is 0 Å². The summed E-state index contributed by atoms with van der Waals surface area (Å²) in [5.74, 6) is 0. The summed E-state index contributed by atoms with van der Waals surface area (Å²) >= 11 is -3.69. The first-order valence-corrected chi connectivity index (χ1v) is 15.3. The molecule has 0 aromatic rings. The summed E-state index contributed by atoms with van der Waals surface area (Å²) in [5, 5.41) is 7.78. The summed E-state index contributed by atoms with van der Waals surface area (Å²) in [6.45, 7) is 3.19. The maximum absolute atomic E-state index is 10.6. The molecule has 0 rings (SSSR count). The molecule has 0 saturated carbocycles. The molecule has 0 aromatic heterocycles. The third-order valence-electron chi connectivity index (χ3n) is 2.42. The smallest absolute Gasteiger partial charge is 0.290 e. The van der Waals surface area contributed by atoms with Crippen LogP contribution in [0.25, 0.3) is 0 Å². The van der Waals surface area contributed by atoms with Gasteiger partial charge < -0.3 is 5.11 Å². The minimum Gasteiger partial charge on any atom is -0.483 e. The van der Waals surface area contributed by atoms with E-state index in [1.54, 1.807) is 13.8 Å². The van der Waals surface area contributed by atoms with Gasteiger partial charge in [-0.05, 0) is 0 Å². The Morgan fingerprint density at radius 1 is 1.38 bits per heavy atom. The van der Waals surface area contributed by atoms with Gasteiger partial charge in [0.15, 0.2) is 0 Å². The monoisotopic (exact) mass is 265 g/mol. The van der Waals surface area contributed by atoms with Gasteiger partial charge in [-0.2, -0.15) is 0 Å². The zero-order chi connectivity index (χ0) is 11.1. The molecule has 0 amide bonds. The molecule has 8 heteroatoms. The molecule has 0 unspecified atom stereocenters. The minimum absolute atomic E-state index is 0.250. The fraction of sp³-hybridized carbons (Fsp3) is 0.800. The molecule has 0 fully saturated rings. The van der Waals surface area contributed by atoms with Crippen molar-refractivity contribution in [3.8, 4) is 0 Å². The van der Waals surface area contributed by atoms with Gasteiger partial charge in [0.1, 0.15) is 0 Å². The third kappa shape index (κ3) is 5.30. The Morgan fingerprint density at radius 3 is 1.62 bits per heavy atom. The molecule has 0 aliphatic heterocycles. The van der Waals surface area contributed by atoms with Crippen LogP contribution in [0.2, 0.25) is 10.0 Å². The van der Waals surface area contributed by atoms with Crippen molar-refractivity contribution in [3.63, 3.8) is 0 Å². The standard InChI is InChI=1S/2C2H5.CH2O2.H2N.HO3S.Zn/c2*1-2;2-1-3;;1-4(2)3;/h2*1H2,2H3;1H,(H,2,3);1H2;(H,1,2,3);/q;;;-1;;+1. The van der Waals surface area contributed by atoms with Crippen LogP contribution in [-0.4, -0.2) is 24.5 Å². The van der Waals surface area contributed by atoms with Gasteiger partial charge in [-0.3, -0.25) is 4.79 Å². The zero-order valence-electron chi connectivity index (χ0n) is 7.80. The number of nitrogens with two attached hydrogens (primary N) is 1. The maximum atomic E-state index is 10.6. The van der Waals surface area contributed by atoms with Gasteiger partial charge in [-0.1, -0.05) is 0 Å². The molecule has 0 atom stereocenters. The van der Waals surface area contributed by atoms with Crippen molar-refractivity contribution in [1.29, 1.82) is 0 Å². The minimum atomic E-state index is -3.87. The van der Waals surface area contributed by atoms with Crippen molar-refractivity contribution in [2.24, 2.45) is 4.48 Å².